The minimum atomic E-state index is -0.150. The van der Waals surface area contributed by atoms with Crippen molar-refractivity contribution in [2.45, 2.75) is 0 Å². The first-order valence-electron chi connectivity index (χ1n) is 8.54. The summed E-state index contributed by atoms with van der Waals surface area (Å²) < 4.78 is 0. The van der Waals surface area contributed by atoms with Gasteiger partial charge in [0.25, 0.3) is 0 Å². The van der Waals surface area contributed by atoms with Crippen LogP contribution >= 0.6 is 0 Å². The molecule has 0 unspecified atom stereocenters. The lowest BCUT2D eigenvalue weighted by Crippen LogP contribution is -2.07. The molecule has 0 saturated heterocycles. The van der Waals surface area contributed by atoms with Crippen molar-refractivity contribution in [1.29, 1.82) is 0 Å². The van der Waals surface area contributed by atoms with Crippen molar-refractivity contribution in [2.75, 3.05) is 0 Å². The number of benzene rings is 4. The van der Waals surface area contributed by atoms with E-state index in [0.29, 0.717) is 5.57 Å². The average Bonchev–Trinajstić information content (AvgIpc) is 2.69. The zero-order valence-electron chi connectivity index (χ0n) is 13.9. The van der Waals surface area contributed by atoms with Gasteiger partial charge in [-0.3, -0.25) is 9.59 Å². The second-order valence-corrected chi connectivity index (χ2v) is 6.51. The smallest absolute Gasteiger partial charge is 0.186 e. The highest BCUT2D eigenvalue weighted by atomic mass is 16.1. The van der Waals surface area contributed by atoms with Gasteiger partial charge in [0.2, 0.25) is 0 Å². The van der Waals surface area contributed by atoms with Gasteiger partial charge in [-0.05, 0) is 56.1 Å². The van der Waals surface area contributed by atoms with Crippen molar-refractivity contribution in [1.82, 2.24) is 0 Å². The Morgan fingerprint density at radius 2 is 1.23 bits per heavy atom. The Labute approximate surface area is 150 Å². The predicted molar refractivity (Wildman–Crippen MR) is 106 cm³/mol. The van der Waals surface area contributed by atoms with E-state index in [0.717, 1.165) is 21.7 Å². The van der Waals surface area contributed by atoms with Gasteiger partial charge in [-0.2, -0.15) is 0 Å². The topological polar surface area (TPSA) is 34.1 Å². The van der Waals surface area contributed by atoms with Crippen molar-refractivity contribution < 1.29 is 9.59 Å². The lowest BCUT2D eigenvalue weighted by molar-refractivity contribution is -0.113. The van der Waals surface area contributed by atoms with Crippen LogP contribution in [0.2, 0.25) is 0 Å². The maximum atomic E-state index is 12.3. The second kappa shape index (κ2) is 5.50. The Bertz CT molecular complexity index is 1310. The molecule has 0 radical (unpaired) electrons. The summed E-state index contributed by atoms with van der Waals surface area (Å²) in [6.07, 6.45) is 4.10. The molecule has 0 fully saturated rings. The van der Waals surface area contributed by atoms with Crippen molar-refractivity contribution in [3.8, 4) is 0 Å². The summed E-state index contributed by atoms with van der Waals surface area (Å²) in [5, 5.41) is 6.82. The highest BCUT2D eigenvalue weighted by Gasteiger charge is 2.18. The molecule has 1 aliphatic rings. The van der Waals surface area contributed by atoms with Crippen molar-refractivity contribution in [3.05, 3.63) is 90.5 Å². The molecule has 5 rings (SSSR count). The molecule has 0 spiro atoms. The highest BCUT2D eigenvalue weighted by molar-refractivity contribution is 6.36. The summed E-state index contributed by atoms with van der Waals surface area (Å²) in [6.45, 7) is 0. The molecule has 122 valence electrons. The average molecular weight is 334 g/mol. The van der Waals surface area contributed by atoms with E-state index >= 15 is 0 Å². The minimum Gasteiger partial charge on any atom is -0.290 e. The number of hydrogen-bond acceptors (Lipinski definition) is 2. The molecule has 4 aromatic carbocycles. The van der Waals surface area contributed by atoms with E-state index in [4.69, 9.17) is 0 Å². The zero-order valence-corrected chi connectivity index (χ0v) is 13.9. The standard InChI is InChI=1S/C24H14O2/c25-16-9-13-24(26)23(14-16)19-7-3-6-18-21-10-8-15-4-1-2-5-17(15)20(21)11-12-22(18)19/h1-14H. The summed E-state index contributed by atoms with van der Waals surface area (Å²) in [4.78, 5) is 24.1. The molecular formula is C24H14O2. The summed E-state index contributed by atoms with van der Waals surface area (Å²) in [5.74, 6) is -0.279. The first kappa shape index (κ1) is 14.8. The van der Waals surface area contributed by atoms with Crippen LogP contribution in [0.4, 0.5) is 0 Å². The van der Waals surface area contributed by atoms with Crippen molar-refractivity contribution in [2.24, 2.45) is 0 Å². The number of fused-ring (bicyclic) bond motifs is 5. The van der Waals surface area contributed by atoms with E-state index in [2.05, 4.69) is 42.5 Å². The maximum Gasteiger partial charge on any atom is 0.186 e. The van der Waals surface area contributed by atoms with Gasteiger partial charge in [0.1, 0.15) is 0 Å². The summed E-state index contributed by atoms with van der Waals surface area (Å²) in [7, 11) is 0. The summed E-state index contributed by atoms with van der Waals surface area (Å²) in [5.41, 5.74) is 1.27. The molecule has 1 aliphatic carbocycles. The molecule has 0 atom stereocenters. The Morgan fingerprint density at radius 1 is 0.538 bits per heavy atom. The summed E-state index contributed by atoms with van der Waals surface area (Å²) >= 11 is 0. The van der Waals surface area contributed by atoms with Crippen LogP contribution in [0, 0.1) is 0 Å². The highest BCUT2D eigenvalue weighted by Crippen LogP contribution is 2.35. The van der Waals surface area contributed by atoms with Gasteiger partial charge in [0.05, 0.1) is 0 Å². The molecule has 0 saturated carbocycles. The van der Waals surface area contributed by atoms with Crippen molar-refractivity contribution in [3.63, 3.8) is 0 Å². The van der Waals surface area contributed by atoms with Gasteiger partial charge in [0.15, 0.2) is 11.6 Å². The van der Waals surface area contributed by atoms with E-state index in [1.807, 2.05) is 24.3 Å². The van der Waals surface area contributed by atoms with Crippen LogP contribution in [-0.4, -0.2) is 11.6 Å². The first-order chi connectivity index (χ1) is 12.7. The van der Waals surface area contributed by atoms with Crippen molar-refractivity contribution >= 4 is 49.5 Å². The Balaban J connectivity index is 1.86. The van der Waals surface area contributed by atoms with Gasteiger partial charge < -0.3 is 0 Å². The zero-order chi connectivity index (χ0) is 17.7. The Hall–Kier alpha value is -3.52. The number of hydrogen-bond donors (Lipinski definition) is 0. The quantitative estimate of drug-likeness (QED) is 0.352. The van der Waals surface area contributed by atoms with Crippen LogP contribution in [-0.2, 0) is 9.59 Å². The Kier molecular flexibility index (Phi) is 3.13. The van der Waals surface area contributed by atoms with Gasteiger partial charge >= 0.3 is 0 Å². The number of rotatable bonds is 1. The molecule has 4 aromatic rings. The van der Waals surface area contributed by atoms with Crippen LogP contribution in [0.25, 0.3) is 37.9 Å². The third-order valence-electron chi connectivity index (χ3n) is 5.02. The fourth-order valence-corrected chi connectivity index (χ4v) is 3.81. The van der Waals surface area contributed by atoms with Gasteiger partial charge in [0, 0.05) is 5.57 Å². The van der Waals surface area contributed by atoms with Crippen LogP contribution in [0.3, 0.4) is 0 Å². The molecule has 0 N–H and O–H groups in total. The molecule has 0 aliphatic heterocycles. The van der Waals surface area contributed by atoms with Gasteiger partial charge in [-0.25, -0.2) is 0 Å². The van der Waals surface area contributed by atoms with Crippen LogP contribution in [0.15, 0.2) is 85.0 Å². The second-order valence-electron chi connectivity index (χ2n) is 6.51. The molecule has 2 nitrogen and oxygen atoms in total. The molecule has 0 aromatic heterocycles. The molecular weight excluding hydrogens is 320 g/mol. The summed E-state index contributed by atoms with van der Waals surface area (Å²) in [6, 6.07) is 22.7. The van der Waals surface area contributed by atoms with Gasteiger partial charge in [-0.15, -0.1) is 0 Å². The van der Waals surface area contributed by atoms with E-state index < -0.39 is 0 Å². The minimum absolute atomic E-state index is 0.129. The van der Waals surface area contributed by atoms with Gasteiger partial charge in [-0.1, -0.05) is 66.7 Å². The molecule has 26 heavy (non-hydrogen) atoms. The lowest BCUT2D eigenvalue weighted by Gasteiger charge is -2.13. The molecule has 0 amide bonds. The molecule has 0 bridgehead atoms. The monoisotopic (exact) mass is 334 g/mol. The van der Waals surface area contributed by atoms with E-state index in [1.165, 1.54) is 34.4 Å². The fourth-order valence-electron chi connectivity index (χ4n) is 3.81. The third-order valence-corrected chi connectivity index (χ3v) is 5.02. The predicted octanol–water partition coefficient (Wildman–Crippen LogP) is 5.24. The van der Waals surface area contributed by atoms with Crippen LogP contribution < -0.4 is 0 Å². The van der Waals surface area contributed by atoms with E-state index in [1.54, 1.807) is 0 Å². The van der Waals surface area contributed by atoms with E-state index in [-0.39, 0.29) is 11.6 Å². The number of ketones is 2. The first-order valence-corrected chi connectivity index (χ1v) is 8.54. The lowest BCUT2D eigenvalue weighted by atomic mass is 9.89. The van der Waals surface area contributed by atoms with Crippen LogP contribution in [0.1, 0.15) is 5.56 Å². The largest absolute Gasteiger partial charge is 0.290 e. The molecule has 0 heterocycles. The van der Waals surface area contributed by atoms with E-state index in [9.17, 15) is 9.59 Å². The Morgan fingerprint density at radius 3 is 2.15 bits per heavy atom. The SMILES string of the molecule is O=C1C=CC(=O)C(c2cccc3c2ccc2c4ccccc4ccc32)=C1. The third kappa shape index (κ3) is 2.12. The number of allylic oxidation sites excluding steroid dienone is 4. The van der Waals surface area contributed by atoms with Crippen LogP contribution in [0.5, 0.6) is 0 Å². The number of carbonyl (C=O) groups excluding carboxylic acids is 2. The number of carbonyl (C=O) groups is 2. The molecule has 2 heteroatoms. The fraction of sp³-hybridized carbons (Fsp3) is 0. The normalized spacial score (nSPS) is 14.4. The maximum absolute atomic E-state index is 12.3.